The van der Waals surface area contributed by atoms with Gasteiger partial charge >= 0.3 is 0 Å². The van der Waals surface area contributed by atoms with Crippen molar-refractivity contribution in [1.29, 1.82) is 0 Å². The Morgan fingerprint density at radius 1 is 1.04 bits per heavy atom. The number of fused-ring (bicyclic) bond motifs is 2. The fraction of sp³-hybridized carbons (Fsp3) is 0.300. The van der Waals surface area contributed by atoms with Crippen LogP contribution in [0.5, 0.6) is 0 Å². The van der Waals surface area contributed by atoms with Crippen LogP contribution in [0.2, 0.25) is 0 Å². The van der Waals surface area contributed by atoms with E-state index in [-0.39, 0.29) is 5.91 Å². The molecule has 2 aliphatic heterocycles. The second-order valence-corrected chi connectivity index (χ2v) is 6.91. The van der Waals surface area contributed by atoms with Crippen LogP contribution < -0.4 is 10.7 Å². The summed E-state index contributed by atoms with van der Waals surface area (Å²) in [6.07, 6.45) is 2.90. The standard InChI is InChI=1S/C20H17FN4O/c21-14-3-1-2-13(10-14)20(26)25-9-8-15(24-25)12-4-5-18-19(11-12)23-17-7-6-16(17)22-18/h1-5,10-11,16-17H,6-9H2. The maximum absolute atomic E-state index is 13.4. The zero-order valence-electron chi connectivity index (χ0n) is 14.1. The molecule has 0 saturated heterocycles. The van der Waals surface area contributed by atoms with Gasteiger partial charge in [-0.15, -0.1) is 0 Å². The molecule has 1 fully saturated rings. The largest absolute Gasteiger partial charge is 0.278 e. The first-order valence-corrected chi connectivity index (χ1v) is 8.88. The minimum absolute atomic E-state index is 0.283. The molecule has 0 bridgehead atoms. The predicted molar refractivity (Wildman–Crippen MR) is 94.2 cm³/mol. The van der Waals surface area contributed by atoms with Gasteiger partial charge in [0.25, 0.3) is 5.91 Å². The summed E-state index contributed by atoms with van der Waals surface area (Å²) in [5.74, 6) is -0.706. The van der Waals surface area contributed by atoms with Crippen molar-refractivity contribution >= 4 is 11.6 Å². The molecule has 3 aliphatic rings. The average Bonchev–Trinajstić information content (AvgIpc) is 3.12. The van der Waals surface area contributed by atoms with Crippen LogP contribution >= 0.6 is 0 Å². The summed E-state index contributed by atoms with van der Waals surface area (Å²) >= 11 is 0. The average molecular weight is 348 g/mol. The molecule has 1 saturated carbocycles. The molecule has 0 N–H and O–H groups in total. The maximum atomic E-state index is 13.4. The van der Waals surface area contributed by atoms with Crippen LogP contribution in [0.3, 0.4) is 0 Å². The van der Waals surface area contributed by atoms with Crippen LogP contribution in [0.25, 0.3) is 0 Å². The number of hydrogen-bond donors (Lipinski definition) is 0. The summed E-state index contributed by atoms with van der Waals surface area (Å²) in [4.78, 5) is 22.0. The number of halogens is 1. The summed E-state index contributed by atoms with van der Waals surface area (Å²) in [5, 5.41) is 7.74. The van der Waals surface area contributed by atoms with Gasteiger partial charge in [0.05, 0.1) is 35.1 Å². The summed E-state index contributed by atoms with van der Waals surface area (Å²) in [6, 6.07) is 12.4. The van der Waals surface area contributed by atoms with Gasteiger partial charge in [0.1, 0.15) is 5.82 Å². The van der Waals surface area contributed by atoms with E-state index in [2.05, 4.69) is 5.10 Å². The van der Waals surface area contributed by atoms with Crippen LogP contribution in [0.4, 0.5) is 4.39 Å². The van der Waals surface area contributed by atoms with E-state index in [0.717, 1.165) is 34.8 Å². The minimum atomic E-state index is -0.423. The lowest BCUT2D eigenvalue weighted by Crippen LogP contribution is -2.45. The molecule has 2 aromatic carbocycles. The van der Waals surface area contributed by atoms with Gasteiger partial charge < -0.3 is 0 Å². The highest BCUT2D eigenvalue weighted by Crippen LogP contribution is 2.26. The fourth-order valence-corrected chi connectivity index (χ4v) is 3.62. The zero-order chi connectivity index (χ0) is 17.7. The Morgan fingerprint density at radius 3 is 2.62 bits per heavy atom. The lowest BCUT2D eigenvalue weighted by atomic mass is 9.86. The van der Waals surface area contributed by atoms with Crippen molar-refractivity contribution < 1.29 is 9.18 Å². The normalized spacial score (nSPS) is 23.1. The summed E-state index contributed by atoms with van der Waals surface area (Å²) in [5.41, 5.74) is 2.13. The molecular weight excluding hydrogens is 331 g/mol. The molecule has 0 spiro atoms. The van der Waals surface area contributed by atoms with Crippen molar-refractivity contribution in [3.05, 3.63) is 70.1 Å². The molecule has 5 rings (SSSR count). The first kappa shape index (κ1) is 15.4. The molecule has 6 heteroatoms. The topological polar surface area (TPSA) is 57.4 Å². The van der Waals surface area contributed by atoms with E-state index < -0.39 is 5.82 Å². The Hall–Kier alpha value is -2.89. The maximum Gasteiger partial charge on any atom is 0.274 e. The molecule has 2 atom stereocenters. The van der Waals surface area contributed by atoms with Crippen LogP contribution in [0.15, 0.2) is 57.6 Å². The van der Waals surface area contributed by atoms with Crippen molar-refractivity contribution in [3.63, 3.8) is 0 Å². The van der Waals surface area contributed by atoms with Crippen molar-refractivity contribution in [2.24, 2.45) is 15.1 Å². The third-order valence-electron chi connectivity index (χ3n) is 5.23. The Labute approximate surface area is 149 Å². The lowest BCUT2D eigenvalue weighted by molar-refractivity contribution is 0.0778. The number of nitrogens with zero attached hydrogens (tertiary/aromatic N) is 4. The molecule has 1 amide bonds. The monoisotopic (exact) mass is 348 g/mol. The molecule has 1 aliphatic carbocycles. The first-order chi connectivity index (χ1) is 12.7. The highest BCUT2D eigenvalue weighted by molar-refractivity contribution is 6.04. The third-order valence-corrected chi connectivity index (χ3v) is 5.23. The first-order valence-electron chi connectivity index (χ1n) is 8.88. The number of rotatable bonds is 2. The van der Waals surface area contributed by atoms with E-state index in [4.69, 9.17) is 9.98 Å². The van der Waals surface area contributed by atoms with E-state index in [1.165, 1.54) is 23.2 Å². The highest BCUT2D eigenvalue weighted by atomic mass is 19.1. The van der Waals surface area contributed by atoms with Crippen molar-refractivity contribution in [1.82, 2.24) is 5.01 Å². The molecule has 130 valence electrons. The van der Waals surface area contributed by atoms with Gasteiger partial charge in [0, 0.05) is 17.5 Å². The van der Waals surface area contributed by atoms with Gasteiger partial charge in [-0.3, -0.25) is 14.8 Å². The molecule has 2 unspecified atom stereocenters. The van der Waals surface area contributed by atoms with Gasteiger partial charge in [-0.2, -0.15) is 5.10 Å². The summed E-state index contributed by atoms with van der Waals surface area (Å²) in [6.45, 7) is 0.494. The number of carbonyl (C=O) groups is 1. The Morgan fingerprint density at radius 2 is 1.85 bits per heavy atom. The molecule has 0 aromatic heterocycles. The fourth-order valence-electron chi connectivity index (χ4n) is 3.62. The van der Waals surface area contributed by atoms with Crippen LogP contribution in [-0.4, -0.2) is 35.3 Å². The second kappa shape index (κ2) is 5.83. The summed E-state index contributed by atoms with van der Waals surface area (Å²) < 4.78 is 13.4. The van der Waals surface area contributed by atoms with Gasteiger partial charge in [0.15, 0.2) is 0 Å². The Balaban J connectivity index is 1.44. The van der Waals surface area contributed by atoms with Crippen molar-refractivity contribution in [2.75, 3.05) is 6.54 Å². The van der Waals surface area contributed by atoms with Crippen molar-refractivity contribution in [3.8, 4) is 0 Å². The van der Waals surface area contributed by atoms with Gasteiger partial charge in [-0.05, 0) is 43.2 Å². The van der Waals surface area contributed by atoms with E-state index in [9.17, 15) is 9.18 Å². The van der Waals surface area contributed by atoms with Crippen LogP contribution in [-0.2, 0) is 0 Å². The highest BCUT2D eigenvalue weighted by Gasteiger charge is 2.31. The third kappa shape index (κ3) is 2.53. The van der Waals surface area contributed by atoms with Gasteiger partial charge in [-0.1, -0.05) is 12.1 Å². The van der Waals surface area contributed by atoms with Crippen LogP contribution in [0, 0.1) is 5.82 Å². The number of hydrogen-bond acceptors (Lipinski definition) is 4. The number of amides is 1. The predicted octanol–water partition coefficient (Wildman–Crippen LogP) is 1.86. The minimum Gasteiger partial charge on any atom is -0.278 e. The molecule has 26 heavy (non-hydrogen) atoms. The van der Waals surface area contributed by atoms with Gasteiger partial charge in [-0.25, -0.2) is 9.40 Å². The number of carbonyl (C=O) groups excluding carboxylic acids is 1. The molecular formula is C20H17FN4O. The molecule has 0 radical (unpaired) electrons. The van der Waals surface area contributed by atoms with E-state index >= 15 is 0 Å². The molecule has 2 heterocycles. The number of hydrazone groups is 1. The Bertz CT molecular complexity index is 1060. The molecule has 2 aromatic rings. The zero-order valence-corrected chi connectivity index (χ0v) is 14.1. The lowest BCUT2D eigenvalue weighted by Gasteiger charge is -2.32. The number of benzene rings is 2. The van der Waals surface area contributed by atoms with Crippen molar-refractivity contribution in [2.45, 2.75) is 31.3 Å². The van der Waals surface area contributed by atoms with E-state index in [1.807, 2.05) is 18.2 Å². The smallest absolute Gasteiger partial charge is 0.274 e. The summed E-state index contributed by atoms with van der Waals surface area (Å²) in [7, 11) is 0. The van der Waals surface area contributed by atoms with Crippen LogP contribution in [0.1, 0.15) is 35.2 Å². The quantitative estimate of drug-likeness (QED) is 0.817. The van der Waals surface area contributed by atoms with E-state index in [0.29, 0.717) is 30.6 Å². The Kier molecular flexibility index (Phi) is 3.45. The SMILES string of the molecule is O=C(c1cccc(F)c1)N1CCC(c2ccc3c(c2)=NC2CCC2N=3)=N1. The second-order valence-electron chi connectivity index (χ2n) is 6.91. The van der Waals surface area contributed by atoms with Gasteiger partial charge in [0.2, 0.25) is 0 Å². The molecule has 5 nitrogen and oxygen atoms in total. The van der Waals surface area contributed by atoms with E-state index in [1.54, 1.807) is 6.07 Å².